The smallest absolute Gasteiger partial charge is 0.0158 e. The van der Waals surface area contributed by atoms with E-state index in [1.54, 1.807) is 0 Å². The van der Waals surface area contributed by atoms with E-state index >= 15 is 0 Å². The number of hydrogen-bond acceptors (Lipinski definition) is 0. The molecule has 0 aromatic rings. The predicted octanol–water partition coefficient (Wildman–Crippen LogP) is 4.57. The summed E-state index contributed by atoms with van der Waals surface area (Å²) in [6.07, 6.45) is 5.18. The quantitative estimate of drug-likeness (QED) is 0.560. The Morgan fingerprint density at radius 3 is 2.43 bits per heavy atom. The van der Waals surface area contributed by atoms with Gasteiger partial charge in [-0.2, -0.15) is 0 Å². The van der Waals surface area contributed by atoms with Crippen molar-refractivity contribution < 1.29 is 0 Å². The summed E-state index contributed by atoms with van der Waals surface area (Å²) in [4.78, 5) is 0. The van der Waals surface area contributed by atoms with E-state index in [2.05, 4.69) is 40.0 Å². The van der Waals surface area contributed by atoms with Gasteiger partial charge < -0.3 is 0 Å². The van der Waals surface area contributed by atoms with Gasteiger partial charge in [-0.3, -0.25) is 0 Å². The molecule has 0 heteroatoms. The fourth-order valence-corrected chi connectivity index (χ4v) is 2.45. The Morgan fingerprint density at radius 1 is 1.57 bits per heavy atom. The first-order chi connectivity index (χ1) is 6.59. The summed E-state index contributed by atoms with van der Waals surface area (Å²) >= 11 is 0. The normalized spacial score (nSPS) is 32.1. The van der Waals surface area contributed by atoms with Crippen molar-refractivity contribution in [1.82, 2.24) is 0 Å². The van der Waals surface area contributed by atoms with Gasteiger partial charge in [-0.25, -0.2) is 0 Å². The van der Waals surface area contributed by atoms with Crippen molar-refractivity contribution in [3.8, 4) is 0 Å². The molecule has 1 fully saturated rings. The van der Waals surface area contributed by atoms with Crippen LogP contribution in [0.5, 0.6) is 0 Å². The maximum absolute atomic E-state index is 3.84. The van der Waals surface area contributed by atoms with Gasteiger partial charge in [0.1, 0.15) is 0 Å². The van der Waals surface area contributed by atoms with Crippen LogP contribution in [-0.4, -0.2) is 0 Å². The Hall–Kier alpha value is -0.480. The number of rotatable bonds is 5. The highest BCUT2D eigenvalue weighted by atomic mass is 14.5. The molecule has 1 saturated carbocycles. The SMILES string of the molecule is C=C=C(CC1(CC)CC1C)C(C)CC. The second-order valence-electron chi connectivity index (χ2n) is 5.01. The Balaban J connectivity index is 2.63. The molecule has 0 aromatic heterocycles. The highest BCUT2D eigenvalue weighted by Crippen LogP contribution is 2.59. The molecular formula is C14H24. The summed E-state index contributed by atoms with van der Waals surface area (Å²) < 4.78 is 0. The minimum atomic E-state index is 0.615. The maximum Gasteiger partial charge on any atom is -0.0158 e. The van der Waals surface area contributed by atoms with Crippen LogP contribution in [0.25, 0.3) is 0 Å². The monoisotopic (exact) mass is 192 g/mol. The van der Waals surface area contributed by atoms with Gasteiger partial charge in [-0.1, -0.05) is 34.3 Å². The molecule has 1 aliphatic rings. The summed E-state index contributed by atoms with van der Waals surface area (Å²) in [7, 11) is 0. The second-order valence-corrected chi connectivity index (χ2v) is 5.01. The van der Waals surface area contributed by atoms with Gasteiger partial charge in [0.15, 0.2) is 0 Å². The fourth-order valence-electron chi connectivity index (χ4n) is 2.45. The van der Waals surface area contributed by atoms with Crippen molar-refractivity contribution in [3.63, 3.8) is 0 Å². The topological polar surface area (TPSA) is 0 Å². The van der Waals surface area contributed by atoms with E-state index in [-0.39, 0.29) is 0 Å². The molecule has 0 nitrogen and oxygen atoms in total. The lowest BCUT2D eigenvalue weighted by Crippen LogP contribution is -2.07. The van der Waals surface area contributed by atoms with Crippen molar-refractivity contribution in [3.05, 3.63) is 17.9 Å². The molecular weight excluding hydrogens is 168 g/mol. The zero-order valence-electron chi connectivity index (χ0n) is 10.2. The molecule has 0 saturated heterocycles. The predicted molar refractivity (Wildman–Crippen MR) is 63.2 cm³/mol. The van der Waals surface area contributed by atoms with Crippen LogP contribution in [0.1, 0.15) is 53.4 Å². The molecule has 3 unspecified atom stereocenters. The van der Waals surface area contributed by atoms with Gasteiger partial charge in [0.2, 0.25) is 0 Å². The summed E-state index contributed by atoms with van der Waals surface area (Å²) in [6.45, 7) is 13.1. The Labute approximate surface area is 89.1 Å². The molecule has 0 heterocycles. The van der Waals surface area contributed by atoms with Crippen LogP contribution in [0.3, 0.4) is 0 Å². The first kappa shape index (κ1) is 11.6. The van der Waals surface area contributed by atoms with Crippen molar-refractivity contribution in [2.24, 2.45) is 17.3 Å². The third-order valence-electron chi connectivity index (χ3n) is 4.28. The van der Waals surface area contributed by atoms with Crippen LogP contribution >= 0.6 is 0 Å². The average molecular weight is 192 g/mol. The summed E-state index contributed by atoms with van der Waals surface area (Å²) in [5.74, 6) is 1.59. The standard InChI is InChI=1S/C14H24/c1-6-11(4)13(7-2)10-14(8-3)9-12(14)5/h11-12H,2,6,8-10H2,1,3-5H3. The lowest BCUT2D eigenvalue weighted by atomic mass is 9.85. The molecule has 0 radical (unpaired) electrons. The van der Waals surface area contributed by atoms with E-state index < -0.39 is 0 Å². The Bertz CT molecular complexity index is 241. The summed E-state index contributed by atoms with van der Waals surface area (Å²) in [5, 5.41) is 0. The van der Waals surface area contributed by atoms with Crippen molar-refractivity contribution in [2.75, 3.05) is 0 Å². The molecule has 1 rings (SSSR count). The molecule has 0 aromatic carbocycles. The van der Waals surface area contributed by atoms with Crippen LogP contribution in [0.15, 0.2) is 17.9 Å². The number of hydrogen-bond donors (Lipinski definition) is 0. The zero-order valence-corrected chi connectivity index (χ0v) is 10.2. The van der Waals surface area contributed by atoms with Gasteiger partial charge in [0.05, 0.1) is 0 Å². The van der Waals surface area contributed by atoms with Gasteiger partial charge in [-0.15, -0.1) is 5.73 Å². The third-order valence-corrected chi connectivity index (χ3v) is 4.28. The minimum Gasteiger partial charge on any atom is -0.129 e. The van der Waals surface area contributed by atoms with Crippen LogP contribution in [0, 0.1) is 17.3 Å². The van der Waals surface area contributed by atoms with E-state index in [4.69, 9.17) is 0 Å². The van der Waals surface area contributed by atoms with Crippen LogP contribution in [0.4, 0.5) is 0 Å². The van der Waals surface area contributed by atoms with Gasteiger partial charge >= 0.3 is 0 Å². The van der Waals surface area contributed by atoms with E-state index in [0.29, 0.717) is 11.3 Å². The average Bonchev–Trinajstić information content (AvgIpc) is 2.85. The van der Waals surface area contributed by atoms with E-state index in [9.17, 15) is 0 Å². The van der Waals surface area contributed by atoms with Gasteiger partial charge in [0.25, 0.3) is 0 Å². The molecule has 3 atom stereocenters. The highest BCUT2D eigenvalue weighted by molar-refractivity contribution is 5.13. The molecule has 0 N–H and O–H groups in total. The molecule has 0 spiro atoms. The summed E-state index contributed by atoms with van der Waals surface area (Å²) in [6, 6.07) is 0. The molecule has 0 bridgehead atoms. The van der Waals surface area contributed by atoms with Crippen LogP contribution in [-0.2, 0) is 0 Å². The first-order valence-electron chi connectivity index (χ1n) is 5.98. The fraction of sp³-hybridized carbons (Fsp3) is 0.786. The van der Waals surface area contributed by atoms with Gasteiger partial charge in [0, 0.05) is 0 Å². The van der Waals surface area contributed by atoms with Crippen molar-refractivity contribution in [2.45, 2.75) is 53.4 Å². The second kappa shape index (κ2) is 4.36. The van der Waals surface area contributed by atoms with E-state index in [1.165, 1.54) is 31.3 Å². The summed E-state index contributed by atoms with van der Waals surface area (Å²) in [5.41, 5.74) is 5.24. The van der Waals surface area contributed by atoms with Crippen molar-refractivity contribution >= 4 is 0 Å². The molecule has 0 amide bonds. The molecule has 80 valence electrons. The van der Waals surface area contributed by atoms with Crippen LogP contribution < -0.4 is 0 Å². The zero-order chi connectivity index (χ0) is 10.8. The largest absolute Gasteiger partial charge is 0.129 e. The van der Waals surface area contributed by atoms with Crippen molar-refractivity contribution in [1.29, 1.82) is 0 Å². The Kier molecular flexibility index (Phi) is 3.61. The van der Waals surface area contributed by atoms with Gasteiger partial charge in [-0.05, 0) is 48.5 Å². The molecule has 14 heavy (non-hydrogen) atoms. The van der Waals surface area contributed by atoms with E-state index in [0.717, 1.165) is 5.92 Å². The lowest BCUT2D eigenvalue weighted by Gasteiger charge is -2.19. The Morgan fingerprint density at radius 2 is 2.14 bits per heavy atom. The molecule has 0 aliphatic heterocycles. The lowest BCUT2D eigenvalue weighted by molar-refractivity contribution is 0.421. The van der Waals surface area contributed by atoms with E-state index in [1.807, 2.05) is 0 Å². The maximum atomic E-state index is 3.84. The highest BCUT2D eigenvalue weighted by Gasteiger charge is 2.49. The van der Waals surface area contributed by atoms with Crippen LogP contribution in [0.2, 0.25) is 0 Å². The number of allylic oxidation sites excluding steroid dienone is 1. The first-order valence-corrected chi connectivity index (χ1v) is 5.98. The third kappa shape index (κ3) is 2.12. The molecule has 1 aliphatic carbocycles. The minimum absolute atomic E-state index is 0.615.